The van der Waals surface area contributed by atoms with E-state index >= 15 is 0 Å². The summed E-state index contributed by atoms with van der Waals surface area (Å²) in [6.45, 7) is 3.01. The molecule has 0 aromatic heterocycles. The summed E-state index contributed by atoms with van der Waals surface area (Å²) in [6, 6.07) is 9.72. The SMILES string of the molecule is C=CC(=O)Nc1ccc(S(=O)(=O)NCc2cccc(C(F)(F)F)c2)cc1. The molecule has 0 heterocycles. The molecule has 0 aliphatic rings. The van der Waals surface area contributed by atoms with Crippen molar-refractivity contribution in [3.05, 3.63) is 72.3 Å². The number of benzene rings is 2. The minimum Gasteiger partial charge on any atom is -0.323 e. The van der Waals surface area contributed by atoms with Gasteiger partial charge < -0.3 is 5.32 Å². The highest BCUT2D eigenvalue weighted by Crippen LogP contribution is 2.29. The van der Waals surface area contributed by atoms with E-state index in [0.29, 0.717) is 5.69 Å². The lowest BCUT2D eigenvalue weighted by Gasteiger charge is -2.10. The van der Waals surface area contributed by atoms with E-state index in [-0.39, 0.29) is 17.0 Å². The number of halogens is 3. The summed E-state index contributed by atoms with van der Waals surface area (Å²) in [5.41, 5.74) is -0.290. The van der Waals surface area contributed by atoms with E-state index in [1.807, 2.05) is 0 Å². The number of anilines is 1. The molecule has 0 aliphatic carbocycles. The molecule has 138 valence electrons. The normalized spacial score (nSPS) is 11.8. The Hall–Kier alpha value is -2.65. The molecule has 2 N–H and O–H groups in total. The molecule has 1 amide bonds. The average molecular weight is 384 g/mol. The number of carbonyl (C=O) groups is 1. The first-order valence-electron chi connectivity index (χ1n) is 7.31. The molecule has 2 rings (SSSR count). The van der Waals surface area contributed by atoms with Gasteiger partial charge in [-0.25, -0.2) is 13.1 Å². The highest BCUT2D eigenvalue weighted by atomic mass is 32.2. The Labute approximate surface area is 148 Å². The first-order chi connectivity index (χ1) is 12.1. The highest BCUT2D eigenvalue weighted by Gasteiger charge is 2.30. The summed E-state index contributed by atoms with van der Waals surface area (Å²) in [4.78, 5) is 11.1. The van der Waals surface area contributed by atoms with Gasteiger partial charge in [-0.15, -0.1) is 0 Å². The van der Waals surface area contributed by atoms with Gasteiger partial charge in [-0.05, 0) is 42.0 Å². The second kappa shape index (κ2) is 7.71. The van der Waals surface area contributed by atoms with Gasteiger partial charge >= 0.3 is 6.18 Å². The van der Waals surface area contributed by atoms with Crippen LogP contribution in [-0.2, 0) is 27.5 Å². The minimum atomic E-state index is -4.50. The Bertz CT molecular complexity index is 908. The molecular weight excluding hydrogens is 369 g/mol. The summed E-state index contributed by atoms with van der Waals surface area (Å²) in [6.07, 6.45) is -3.43. The number of nitrogens with one attached hydrogen (secondary N) is 2. The van der Waals surface area contributed by atoms with Crippen molar-refractivity contribution in [2.24, 2.45) is 0 Å². The third-order valence-corrected chi connectivity index (χ3v) is 4.76. The molecule has 0 radical (unpaired) electrons. The molecule has 0 atom stereocenters. The molecule has 0 unspecified atom stereocenters. The lowest BCUT2D eigenvalue weighted by atomic mass is 10.1. The van der Waals surface area contributed by atoms with Crippen molar-refractivity contribution in [3.63, 3.8) is 0 Å². The van der Waals surface area contributed by atoms with Crippen molar-refractivity contribution in [3.8, 4) is 0 Å². The van der Waals surface area contributed by atoms with Crippen LogP contribution in [0, 0.1) is 0 Å². The lowest BCUT2D eigenvalue weighted by molar-refractivity contribution is -0.137. The zero-order valence-electron chi connectivity index (χ0n) is 13.4. The molecule has 2 aromatic rings. The van der Waals surface area contributed by atoms with Crippen molar-refractivity contribution in [2.75, 3.05) is 5.32 Å². The van der Waals surface area contributed by atoms with Gasteiger partial charge in [-0.1, -0.05) is 24.8 Å². The predicted octanol–water partition coefficient (Wildman–Crippen LogP) is 3.31. The summed E-state index contributed by atoms with van der Waals surface area (Å²) in [7, 11) is -3.92. The number of alkyl halides is 3. The lowest BCUT2D eigenvalue weighted by Crippen LogP contribution is -2.23. The van der Waals surface area contributed by atoms with Gasteiger partial charge in [0.05, 0.1) is 10.5 Å². The van der Waals surface area contributed by atoms with E-state index in [2.05, 4.69) is 16.6 Å². The zero-order chi connectivity index (χ0) is 19.4. The van der Waals surface area contributed by atoms with Crippen molar-refractivity contribution < 1.29 is 26.4 Å². The molecule has 0 saturated carbocycles. The van der Waals surface area contributed by atoms with Gasteiger partial charge in [0.25, 0.3) is 0 Å². The second-order valence-corrected chi connectivity index (χ2v) is 7.01. The fourth-order valence-corrected chi connectivity index (χ4v) is 3.05. The summed E-state index contributed by atoms with van der Waals surface area (Å²) >= 11 is 0. The van der Waals surface area contributed by atoms with Crippen LogP contribution in [0.3, 0.4) is 0 Å². The van der Waals surface area contributed by atoms with Gasteiger partial charge in [0.1, 0.15) is 0 Å². The predicted molar refractivity (Wildman–Crippen MR) is 90.7 cm³/mol. The average Bonchev–Trinajstić information content (AvgIpc) is 2.60. The Morgan fingerprint density at radius 1 is 1.12 bits per heavy atom. The number of rotatable bonds is 6. The third-order valence-electron chi connectivity index (χ3n) is 3.34. The summed E-state index contributed by atoms with van der Waals surface area (Å²) in [5, 5.41) is 2.47. The van der Waals surface area contributed by atoms with Gasteiger partial charge in [0, 0.05) is 12.2 Å². The largest absolute Gasteiger partial charge is 0.416 e. The van der Waals surface area contributed by atoms with E-state index < -0.39 is 27.7 Å². The van der Waals surface area contributed by atoms with Crippen LogP contribution in [-0.4, -0.2) is 14.3 Å². The quantitative estimate of drug-likeness (QED) is 0.751. The first-order valence-corrected chi connectivity index (χ1v) is 8.79. The van der Waals surface area contributed by atoms with Crippen LogP contribution in [0.1, 0.15) is 11.1 Å². The topological polar surface area (TPSA) is 75.3 Å². The molecule has 2 aromatic carbocycles. The van der Waals surface area contributed by atoms with E-state index in [0.717, 1.165) is 18.2 Å². The maximum Gasteiger partial charge on any atom is 0.416 e. The number of hydrogen-bond donors (Lipinski definition) is 2. The number of carbonyl (C=O) groups excluding carboxylic acids is 1. The maximum absolute atomic E-state index is 12.7. The molecule has 0 fully saturated rings. The van der Waals surface area contributed by atoms with Gasteiger partial charge in [0.15, 0.2) is 0 Å². The second-order valence-electron chi connectivity index (χ2n) is 5.24. The molecule has 0 spiro atoms. The van der Waals surface area contributed by atoms with E-state index in [9.17, 15) is 26.4 Å². The molecule has 0 aliphatic heterocycles. The first kappa shape index (κ1) is 19.7. The molecule has 0 bridgehead atoms. The van der Waals surface area contributed by atoms with Crippen LogP contribution < -0.4 is 10.0 Å². The van der Waals surface area contributed by atoms with Gasteiger partial charge in [0.2, 0.25) is 15.9 Å². The number of amides is 1. The molecule has 9 heteroatoms. The maximum atomic E-state index is 12.7. The van der Waals surface area contributed by atoms with Crippen LogP contribution in [0.25, 0.3) is 0 Å². The fraction of sp³-hybridized carbons (Fsp3) is 0.118. The minimum absolute atomic E-state index is 0.0823. The smallest absolute Gasteiger partial charge is 0.323 e. The van der Waals surface area contributed by atoms with Crippen LogP contribution >= 0.6 is 0 Å². The number of hydrogen-bond acceptors (Lipinski definition) is 3. The Kier molecular flexibility index (Phi) is 5.83. The van der Waals surface area contributed by atoms with Crippen molar-refractivity contribution >= 4 is 21.6 Å². The van der Waals surface area contributed by atoms with Crippen molar-refractivity contribution in [2.45, 2.75) is 17.6 Å². The summed E-state index contributed by atoms with van der Waals surface area (Å²) in [5.74, 6) is -0.441. The molecular formula is C17H15F3N2O3S. The van der Waals surface area contributed by atoms with E-state index in [4.69, 9.17) is 0 Å². The van der Waals surface area contributed by atoms with Crippen LogP contribution in [0.15, 0.2) is 66.1 Å². The van der Waals surface area contributed by atoms with Crippen LogP contribution in [0.4, 0.5) is 18.9 Å². The number of sulfonamides is 1. The summed E-state index contributed by atoms with van der Waals surface area (Å²) < 4.78 is 64.8. The van der Waals surface area contributed by atoms with E-state index in [1.165, 1.54) is 36.4 Å². The molecule has 5 nitrogen and oxygen atoms in total. The monoisotopic (exact) mass is 384 g/mol. The van der Waals surface area contributed by atoms with E-state index in [1.54, 1.807) is 0 Å². The fourth-order valence-electron chi connectivity index (χ4n) is 2.03. The highest BCUT2D eigenvalue weighted by molar-refractivity contribution is 7.89. The zero-order valence-corrected chi connectivity index (χ0v) is 14.2. The van der Waals surface area contributed by atoms with Crippen LogP contribution in [0.2, 0.25) is 0 Å². The molecule has 0 saturated heterocycles. The van der Waals surface area contributed by atoms with Gasteiger partial charge in [-0.2, -0.15) is 13.2 Å². The van der Waals surface area contributed by atoms with Gasteiger partial charge in [-0.3, -0.25) is 4.79 Å². The van der Waals surface area contributed by atoms with Crippen molar-refractivity contribution in [1.29, 1.82) is 0 Å². The molecule has 26 heavy (non-hydrogen) atoms. The Balaban J connectivity index is 2.09. The van der Waals surface area contributed by atoms with Crippen molar-refractivity contribution in [1.82, 2.24) is 4.72 Å². The van der Waals surface area contributed by atoms with Crippen LogP contribution in [0.5, 0.6) is 0 Å². The standard InChI is InChI=1S/C17H15F3N2O3S/c1-2-16(23)22-14-6-8-15(9-7-14)26(24,25)21-11-12-4-3-5-13(10-12)17(18,19)20/h2-10,21H,1,11H2,(H,22,23). The third kappa shape index (κ3) is 5.17. The Morgan fingerprint density at radius 3 is 2.35 bits per heavy atom. The Morgan fingerprint density at radius 2 is 1.77 bits per heavy atom.